The van der Waals surface area contributed by atoms with Gasteiger partial charge < -0.3 is 0 Å². The number of benzene rings is 1. The van der Waals surface area contributed by atoms with Gasteiger partial charge in [-0.25, -0.2) is 12.8 Å². The normalized spacial score (nSPS) is 17.4. The molecule has 0 atom stereocenters. The molecule has 0 aromatic heterocycles. The van der Waals surface area contributed by atoms with Gasteiger partial charge in [0.2, 0.25) is 10.0 Å². The van der Waals surface area contributed by atoms with Crippen LogP contribution in [-0.4, -0.2) is 25.8 Å². The minimum atomic E-state index is -3.54. The maximum atomic E-state index is 13.3. The first-order valence-electron chi connectivity index (χ1n) is 6.25. The van der Waals surface area contributed by atoms with E-state index in [0.717, 1.165) is 6.42 Å². The second kappa shape index (κ2) is 5.06. The lowest BCUT2D eigenvalue weighted by molar-refractivity contribution is 0.430. The molecule has 1 aromatic rings. The predicted octanol–water partition coefficient (Wildman–Crippen LogP) is 2.78. The molecule has 0 spiro atoms. The summed E-state index contributed by atoms with van der Waals surface area (Å²) in [6, 6.07) is 2.54. The summed E-state index contributed by atoms with van der Waals surface area (Å²) in [5.41, 5.74) is 2.13. The maximum Gasteiger partial charge on any atom is 0.243 e. The molecule has 2 rings (SSSR count). The minimum absolute atomic E-state index is 0.238. The van der Waals surface area contributed by atoms with Crippen molar-refractivity contribution in [3.63, 3.8) is 0 Å². The lowest BCUT2D eigenvalue weighted by atomic mass is 10.1. The lowest BCUT2D eigenvalue weighted by Crippen LogP contribution is -2.35. The quantitative estimate of drug-likeness (QED) is 0.783. The van der Waals surface area contributed by atoms with E-state index in [2.05, 4.69) is 0 Å². The third kappa shape index (κ3) is 2.72. The second-order valence-corrected chi connectivity index (χ2v) is 6.91. The number of halogens is 1. The van der Waals surface area contributed by atoms with E-state index in [0.29, 0.717) is 24.2 Å². The Balaban J connectivity index is 2.46. The van der Waals surface area contributed by atoms with Crippen LogP contribution in [0.2, 0.25) is 0 Å². The Morgan fingerprint density at radius 3 is 2.21 bits per heavy atom. The van der Waals surface area contributed by atoms with Gasteiger partial charge in [0.05, 0.1) is 4.90 Å². The Labute approximate surface area is 113 Å². The molecule has 19 heavy (non-hydrogen) atoms. The van der Waals surface area contributed by atoms with Gasteiger partial charge in [0.1, 0.15) is 5.82 Å². The topological polar surface area (TPSA) is 37.4 Å². The van der Waals surface area contributed by atoms with E-state index in [-0.39, 0.29) is 4.90 Å². The zero-order valence-electron chi connectivity index (χ0n) is 11.4. The number of rotatable bonds is 2. The highest BCUT2D eigenvalue weighted by Crippen LogP contribution is 2.26. The largest absolute Gasteiger partial charge is 0.243 e. The van der Waals surface area contributed by atoms with Crippen LogP contribution in [0.1, 0.15) is 24.5 Å². The van der Waals surface area contributed by atoms with Gasteiger partial charge in [-0.05, 0) is 50.5 Å². The van der Waals surface area contributed by atoms with Crippen LogP contribution in [0, 0.1) is 19.7 Å². The van der Waals surface area contributed by atoms with Crippen LogP contribution in [0.15, 0.2) is 28.7 Å². The molecule has 0 radical (unpaired) electrons. The van der Waals surface area contributed by atoms with E-state index in [1.807, 2.05) is 13.0 Å². The Bertz CT molecular complexity index is 612. The van der Waals surface area contributed by atoms with Gasteiger partial charge in [0.15, 0.2) is 0 Å². The third-order valence-electron chi connectivity index (χ3n) is 3.42. The summed E-state index contributed by atoms with van der Waals surface area (Å²) < 4.78 is 40.0. The van der Waals surface area contributed by atoms with Crippen LogP contribution in [-0.2, 0) is 10.0 Å². The highest BCUT2D eigenvalue weighted by Gasteiger charge is 2.28. The van der Waals surface area contributed by atoms with Crippen LogP contribution in [0.3, 0.4) is 0 Å². The van der Waals surface area contributed by atoms with Crippen LogP contribution in [0.5, 0.6) is 0 Å². The summed E-state index contributed by atoms with van der Waals surface area (Å²) in [4.78, 5) is 0.238. The van der Waals surface area contributed by atoms with Gasteiger partial charge in [-0.15, -0.1) is 0 Å². The molecule has 1 aliphatic rings. The van der Waals surface area contributed by atoms with E-state index < -0.39 is 15.8 Å². The van der Waals surface area contributed by atoms with Gasteiger partial charge in [0.25, 0.3) is 0 Å². The average molecular weight is 283 g/mol. The second-order valence-electron chi connectivity index (χ2n) is 5.03. The van der Waals surface area contributed by atoms with E-state index in [4.69, 9.17) is 0 Å². The molecule has 0 amide bonds. The Kier molecular flexibility index (Phi) is 3.78. The van der Waals surface area contributed by atoms with E-state index in [1.165, 1.54) is 22.0 Å². The molecule has 0 fully saturated rings. The first-order valence-corrected chi connectivity index (χ1v) is 7.69. The molecule has 0 aliphatic carbocycles. The fourth-order valence-electron chi connectivity index (χ4n) is 2.40. The molecule has 0 bridgehead atoms. The SMILES string of the molecule is CC1=CCN(S(=O)(=O)c2c(C)cc(F)cc2C)CC1. The highest BCUT2D eigenvalue weighted by molar-refractivity contribution is 7.89. The maximum absolute atomic E-state index is 13.3. The summed E-state index contributed by atoms with van der Waals surface area (Å²) in [6.45, 7) is 6.14. The Morgan fingerprint density at radius 2 is 1.74 bits per heavy atom. The van der Waals surface area contributed by atoms with Gasteiger partial charge in [-0.2, -0.15) is 4.31 Å². The molecular formula is C14H18FNO2S. The van der Waals surface area contributed by atoms with E-state index >= 15 is 0 Å². The number of sulfonamides is 1. The van der Waals surface area contributed by atoms with Crippen molar-refractivity contribution in [2.75, 3.05) is 13.1 Å². The number of nitrogens with zero attached hydrogens (tertiary/aromatic N) is 1. The summed E-state index contributed by atoms with van der Waals surface area (Å²) in [7, 11) is -3.54. The molecule has 0 saturated heterocycles. The van der Waals surface area contributed by atoms with Gasteiger partial charge in [-0.3, -0.25) is 0 Å². The molecule has 0 N–H and O–H groups in total. The zero-order valence-corrected chi connectivity index (χ0v) is 12.2. The fraction of sp³-hybridized carbons (Fsp3) is 0.429. The molecule has 1 aliphatic heterocycles. The summed E-state index contributed by atoms with van der Waals surface area (Å²) >= 11 is 0. The lowest BCUT2D eigenvalue weighted by Gasteiger charge is -2.26. The van der Waals surface area contributed by atoms with E-state index in [1.54, 1.807) is 13.8 Å². The number of aryl methyl sites for hydroxylation is 2. The van der Waals surface area contributed by atoms with Crippen LogP contribution in [0.25, 0.3) is 0 Å². The van der Waals surface area contributed by atoms with Crippen molar-refractivity contribution >= 4 is 10.0 Å². The fourth-order valence-corrected chi connectivity index (χ4v) is 4.20. The summed E-state index contributed by atoms with van der Waals surface area (Å²) in [5.74, 6) is -0.400. The van der Waals surface area contributed by atoms with Crippen molar-refractivity contribution in [1.29, 1.82) is 0 Å². The summed E-state index contributed by atoms with van der Waals surface area (Å²) in [5, 5.41) is 0. The van der Waals surface area contributed by atoms with Crippen LogP contribution < -0.4 is 0 Å². The first kappa shape index (κ1) is 14.2. The summed E-state index contributed by atoms with van der Waals surface area (Å²) in [6.07, 6.45) is 2.67. The van der Waals surface area contributed by atoms with Crippen LogP contribution >= 0.6 is 0 Å². The molecule has 104 valence electrons. The van der Waals surface area contributed by atoms with Crippen molar-refractivity contribution in [1.82, 2.24) is 4.31 Å². The molecule has 3 nitrogen and oxygen atoms in total. The van der Waals surface area contributed by atoms with Gasteiger partial charge in [-0.1, -0.05) is 11.6 Å². The smallest absolute Gasteiger partial charge is 0.207 e. The monoisotopic (exact) mass is 283 g/mol. The average Bonchev–Trinajstić information content (AvgIpc) is 2.27. The molecule has 0 saturated carbocycles. The standard InChI is InChI=1S/C14H18FNO2S/c1-10-4-6-16(7-5-10)19(17,18)14-11(2)8-13(15)9-12(14)3/h4,8-9H,5-7H2,1-3H3. The van der Waals surface area contributed by atoms with Crippen molar-refractivity contribution in [3.05, 3.63) is 40.7 Å². The first-order chi connectivity index (χ1) is 8.82. The molecule has 0 unspecified atom stereocenters. The molecule has 1 aromatic carbocycles. The van der Waals surface area contributed by atoms with Gasteiger partial charge >= 0.3 is 0 Å². The van der Waals surface area contributed by atoms with Crippen LogP contribution in [0.4, 0.5) is 4.39 Å². The Morgan fingerprint density at radius 1 is 1.16 bits per heavy atom. The Hall–Kier alpha value is -1.20. The van der Waals surface area contributed by atoms with Crippen molar-refractivity contribution in [2.45, 2.75) is 32.1 Å². The molecule has 1 heterocycles. The van der Waals surface area contributed by atoms with Gasteiger partial charge in [0, 0.05) is 13.1 Å². The minimum Gasteiger partial charge on any atom is -0.207 e. The predicted molar refractivity (Wildman–Crippen MR) is 73.0 cm³/mol. The zero-order chi connectivity index (χ0) is 14.2. The number of hydrogen-bond donors (Lipinski definition) is 0. The van der Waals surface area contributed by atoms with E-state index in [9.17, 15) is 12.8 Å². The molecule has 5 heteroatoms. The molecular weight excluding hydrogens is 265 g/mol. The number of hydrogen-bond acceptors (Lipinski definition) is 2. The highest BCUT2D eigenvalue weighted by atomic mass is 32.2. The third-order valence-corrected chi connectivity index (χ3v) is 5.59. The van der Waals surface area contributed by atoms with Crippen molar-refractivity contribution < 1.29 is 12.8 Å². The van der Waals surface area contributed by atoms with Crippen molar-refractivity contribution in [3.8, 4) is 0 Å². The van der Waals surface area contributed by atoms with Crippen molar-refractivity contribution in [2.24, 2.45) is 0 Å².